The summed E-state index contributed by atoms with van der Waals surface area (Å²) >= 11 is 0. The number of esters is 1. The Kier molecular flexibility index (Phi) is 32.8. The average molecular weight is 1530 g/mol. The zero-order valence-corrected chi connectivity index (χ0v) is 64.5. The maximum absolute atomic E-state index is 13.0. The number of carbonyl (C=O) groups excluding carboxylic acids is 2. The topological polar surface area (TPSA) is 213 Å². The van der Waals surface area contributed by atoms with E-state index in [1.54, 1.807) is 20.8 Å². The number of halogens is 3. The fraction of sp³-hybridized carbons (Fsp3) is 0.333. The number of hydrogen-bond acceptors (Lipinski definition) is 15. The molecule has 15 nitrogen and oxygen atoms in total. The van der Waals surface area contributed by atoms with Crippen LogP contribution >= 0.6 is 0 Å². The van der Waals surface area contributed by atoms with Crippen molar-refractivity contribution < 1.29 is 81.9 Å². The lowest BCUT2D eigenvalue weighted by Gasteiger charge is -2.29. The molecule has 0 radical (unpaired) electrons. The maximum Gasteiger partial charge on any atom is 0.514 e. The van der Waals surface area contributed by atoms with Crippen molar-refractivity contribution in [2.45, 2.75) is 189 Å². The third-order valence-corrected chi connectivity index (χ3v) is 23.3. The van der Waals surface area contributed by atoms with E-state index in [4.69, 9.17) is 28.4 Å². The lowest BCUT2D eigenvalue weighted by molar-refractivity contribution is -0.155. The summed E-state index contributed by atoms with van der Waals surface area (Å²) in [5.41, 5.74) is 2.37. The van der Waals surface area contributed by atoms with Gasteiger partial charge < -0.3 is 42.3 Å². The van der Waals surface area contributed by atoms with Crippen LogP contribution in [0.5, 0.6) is 17.2 Å². The summed E-state index contributed by atoms with van der Waals surface area (Å²) in [5.74, 6) is 2.30. The molecule has 3 unspecified atom stereocenters. The van der Waals surface area contributed by atoms with Crippen LogP contribution in [0.1, 0.15) is 136 Å². The van der Waals surface area contributed by atoms with Crippen LogP contribution in [-0.4, -0.2) is 87.3 Å². The monoisotopic (exact) mass is 1530 g/mol. The summed E-state index contributed by atoms with van der Waals surface area (Å²) in [5, 5.41) is -5.03. The third kappa shape index (κ3) is 27.4. The highest BCUT2D eigenvalue weighted by Crippen LogP contribution is 2.37. The first kappa shape index (κ1) is 84.8. The van der Waals surface area contributed by atoms with Crippen molar-refractivity contribution in [2.75, 3.05) is 19.8 Å². The van der Waals surface area contributed by atoms with Gasteiger partial charge >= 0.3 is 17.4 Å². The molecule has 10 rings (SSSR count). The molecule has 9 aromatic carbocycles. The second kappa shape index (κ2) is 41.0. The van der Waals surface area contributed by atoms with Gasteiger partial charge in [-0.15, -0.1) is 0 Å². The molecule has 0 aliphatic heterocycles. The van der Waals surface area contributed by atoms with E-state index < -0.39 is 67.8 Å². The Balaban J connectivity index is 0.000000205. The van der Waals surface area contributed by atoms with Gasteiger partial charge in [-0.2, -0.15) is 8.78 Å². The minimum atomic E-state index is -6.08. The van der Waals surface area contributed by atoms with Gasteiger partial charge in [0.05, 0.1) is 58.0 Å². The second-order valence-electron chi connectivity index (χ2n) is 26.6. The molecule has 1 saturated carbocycles. The molecule has 1 aliphatic rings. The van der Waals surface area contributed by atoms with Gasteiger partial charge in [-0.1, -0.05) is 148 Å². The van der Waals surface area contributed by atoms with Gasteiger partial charge in [0.2, 0.25) is 0 Å². The van der Waals surface area contributed by atoms with Crippen molar-refractivity contribution in [1.82, 2.24) is 0 Å². The molecule has 1 fully saturated rings. The highest BCUT2D eigenvalue weighted by Gasteiger charge is 2.47. The number of alkyl halides is 3. The number of carbonyl (C=O) groups is 2. The zero-order chi connectivity index (χ0) is 76.9. The molecule has 0 saturated heterocycles. The second-order valence-corrected chi connectivity index (χ2v) is 33.5. The maximum atomic E-state index is 13.0. The van der Waals surface area contributed by atoms with Crippen LogP contribution in [0.3, 0.4) is 0 Å². The van der Waals surface area contributed by atoms with E-state index in [0.29, 0.717) is 55.7 Å². The van der Waals surface area contributed by atoms with Gasteiger partial charge in [-0.3, -0.25) is 4.79 Å². The standard InChI is InChI=1S/C34H37O3S.C23H23O3S.C17H20O4S.C10H17F3O5S/c1-27(35-25-26-36-30-19-17-29(18-20-30)28-11-5-2-6-12-28)37-31-21-23-34(24-22-31)38(32-13-7-3-8-14-32)33-15-9-4-10-16-33;1-23(2,3)26-22(24)25-18-14-16-21(17-15-18)27(19-10-6-4-7-11-19)20-12-8-5-9-13-20;1-3-13(2)15-6-4-14(5-7-15)12-21-16-8-10-17(11-9-16)22(18,19)20;1-4-9(2,3)8(14)18-6-5-7(11)10(12,13)19(15,16)17/h2-16,21-24,27,29-30H,17-20,25-26H2,1H3;4-17H,1-3H3;4-11,13H,3,12H2,1-2H3,(H,18,19,20);7H,4-6H2,1-3H3,(H,15,16,17)/q2*+1;;/p-2. The first-order chi connectivity index (χ1) is 50.4. The van der Waals surface area contributed by atoms with E-state index in [-0.39, 0.29) is 33.0 Å². The van der Waals surface area contributed by atoms with Crippen molar-refractivity contribution in [3.63, 3.8) is 0 Å². The lowest BCUT2D eigenvalue weighted by atomic mass is 9.83. The average Bonchev–Trinajstić information content (AvgIpc) is 0.823. The van der Waals surface area contributed by atoms with E-state index in [9.17, 15) is 48.7 Å². The smallest absolute Gasteiger partial charge is 0.514 e. The lowest BCUT2D eigenvalue weighted by Crippen LogP contribution is -2.39. The number of hydrogen-bond donors (Lipinski definition) is 0. The van der Waals surface area contributed by atoms with Crippen LogP contribution in [0.4, 0.5) is 18.0 Å². The molecule has 9 aromatic rings. The molecule has 566 valence electrons. The summed E-state index contributed by atoms with van der Waals surface area (Å²) < 4.78 is 140. The SMILES string of the molecule is CC(C)(C)OC(=O)Oc1ccc([S+](c2ccccc2)c2ccccc2)cc1.CC(OCCOC1CCC(c2ccccc2)CC1)Oc1ccc([S+](c2ccccc2)c2ccccc2)cc1.CCC(C)(C)C(=O)OCCC(F)C(F)(F)S(=O)(=O)[O-].CCC(C)c1ccc(COc2ccc(S(=O)(=O)[O-])cc2)cc1. The predicted octanol–water partition coefficient (Wildman–Crippen LogP) is 19.9. The minimum absolute atomic E-state index is 0.161. The van der Waals surface area contributed by atoms with Crippen molar-refractivity contribution in [3.8, 4) is 17.2 Å². The van der Waals surface area contributed by atoms with E-state index in [2.05, 4.69) is 182 Å². The van der Waals surface area contributed by atoms with Gasteiger partial charge in [0, 0.05) is 6.42 Å². The number of rotatable bonds is 28. The van der Waals surface area contributed by atoms with Crippen LogP contribution in [0.25, 0.3) is 0 Å². The summed E-state index contributed by atoms with van der Waals surface area (Å²) in [7, 11) is -10.9. The van der Waals surface area contributed by atoms with Crippen LogP contribution in [0.2, 0.25) is 0 Å². The van der Waals surface area contributed by atoms with Gasteiger partial charge in [0.15, 0.2) is 52.0 Å². The van der Waals surface area contributed by atoms with Crippen LogP contribution in [0, 0.1) is 5.41 Å². The van der Waals surface area contributed by atoms with E-state index in [1.807, 2.05) is 88.4 Å². The highest BCUT2D eigenvalue weighted by atomic mass is 32.2. The van der Waals surface area contributed by atoms with Gasteiger partial charge in [-0.05, 0) is 230 Å². The molecule has 0 N–H and O–H groups in total. The van der Waals surface area contributed by atoms with E-state index in [0.717, 1.165) is 35.5 Å². The Morgan fingerprint density at radius 1 is 0.538 bits per heavy atom. The fourth-order valence-corrected chi connectivity index (χ4v) is 15.7. The largest absolute Gasteiger partial charge is 0.744 e. The predicted molar refractivity (Wildman–Crippen MR) is 406 cm³/mol. The Bertz CT molecular complexity index is 4210. The number of ether oxygens (including phenoxy) is 7. The summed E-state index contributed by atoms with van der Waals surface area (Å²) in [6, 6.07) is 82.8. The normalized spacial score (nSPS) is 14.8. The molecule has 0 spiro atoms. The van der Waals surface area contributed by atoms with Gasteiger partial charge in [0.25, 0.3) is 0 Å². The van der Waals surface area contributed by atoms with Crippen molar-refractivity contribution in [2.24, 2.45) is 5.41 Å². The fourth-order valence-electron chi connectivity index (χ4n) is 10.6. The molecule has 106 heavy (non-hydrogen) atoms. The molecule has 0 aromatic heterocycles. The first-order valence-corrected chi connectivity index (χ1v) is 40.4. The molecule has 22 heteroatoms. The summed E-state index contributed by atoms with van der Waals surface area (Å²) in [6.45, 7) is 17.3. The van der Waals surface area contributed by atoms with E-state index >= 15 is 0 Å². The van der Waals surface area contributed by atoms with Gasteiger partial charge in [0.1, 0.15) is 39.6 Å². The Morgan fingerprint density at radius 2 is 0.972 bits per heavy atom. The number of benzene rings is 9. The molecule has 0 heterocycles. The quantitative estimate of drug-likeness (QED) is 0.0111. The zero-order valence-electron chi connectivity index (χ0n) is 61.2. The summed E-state index contributed by atoms with van der Waals surface area (Å²) in [4.78, 5) is 30.5. The summed E-state index contributed by atoms with van der Waals surface area (Å²) in [6.07, 6.45) is 1.18. The van der Waals surface area contributed by atoms with E-state index in [1.165, 1.54) is 72.7 Å². The Labute approximate surface area is 629 Å². The Hall–Kier alpha value is -8.45. The molecule has 1 aliphatic carbocycles. The molecule has 0 bridgehead atoms. The molecular formula is C84H95F3O15S4. The Morgan fingerprint density at radius 3 is 1.40 bits per heavy atom. The van der Waals surface area contributed by atoms with Crippen molar-refractivity contribution in [3.05, 3.63) is 265 Å². The van der Waals surface area contributed by atoms with Crippen molar-refractivity contribution >= 4 is 54.2 Å². The molecule has 0 amide bonds. The van der Waals surface area contributed by atoms with Crippen LogP contribution in [0.15, 0.2) is 283 Å². The molecular weight excluding hydrogens is 1430 g/mol. The van der Waals surface area contributed by atoms with Crippen LogP contribution in [-0.2, 0) is 72.4 Å². The van der Waals surface area contributed by atoms with Gasteiger partial charge in [-0.25, -0.2) is 26.0 Å². The highest BCUT2D eigenvalue weighted by molar-refractivity contribution is 7.97. The van der Waals surface area contributed by atoms with Crippen molar-refractivity contribution in [1.29, 1.82) is 0 Å². The third-order valence-electron chi connectivity index (χ3n) is 17.1. The molecule has 3 atom stereocenters. The van der Waals surface area contributed by atoms with Crippen LogP contribution < -0.4 is 14.2 Å². The minimum Gasteiger partial charge on any atom is -0.744 e. The first-order valence-electron chi connectivity index (χ1n) is 35.1.